The number of benzene rings is 2. The highest BCUT2D eigenvalue weighted by atomic mass is 19.1. The van der Waals surface area contributed by atoms with Crippen LogP contribution in [0.25, 0.3) is 27.6 Å². The molecule has 43 heavy (non-hydrogen) atoms. The molecule has 0 radical (unpaired) electrons. The van der Waals surface area contributed by atoms with Gasteiger partial charge in [0.2, 0.25) is 6.41 Å². The number of fused-ring (bicyclic) bond motifs is 1. The summed E-state index contributed by atoms with van der Waals surface area (Å²) < 4.78 is 27.4. The summed E-state index contributed by atoms with van der Waals surface area (Å²) in [6.45, 7) is 2.96. The average molecular weight is 585 g/mol. The molecule has 4 aromatic rings. The average Bonchev–Trinajstić information content (AvgIpc) is 3.51. The zero-order valence-corrected chi connectivity index (χ0v) is 24.1. The Morgan fingerprint density at radius 1 is 1.00 bits per heavy atom. The van der Waals surface area contributed by atoms with Gasteiger partial charge in [0.05, 0.1) is 19.7 Å². The van der Waals surface area contributed by atoms with Gasteiger partial charge in [0.1, 0.15) is 11.4 Å². The number of nitrogens with two attached hydrogens (primary N) is 1. The van der Waals surface area contributed by atoms with Crippen LogP contribution in [0.3, 0.4) is 0 Å². The third-order valence-electron chi connectivity index (χ3n) is 8.11. The monoisotopic (exact) mass is 584 g/mol. The predicted octanol–water partition coefficient (Wildman–Crippen LogP) is 4.18. The summed E-state index contributed by atoms with van der Waals surface area (Å²) in [4.78, 5) is 38.3. The number of H-pyrrole nitrogens is 1. The maximum absolute atomic E-state index is 16.3. The number of pyridine rings is 1. The molecule has 222 valence electrons. The molecule has 2 aromatic carbocycles. The SMILES string of the molecule is COc1cc(N)ccc1-c1cc(C2=CCCN(C=O)C2)c(F)c2[nH]c(C(=O)N3CCN(c4ncccc4OC)CC3)cc12. The number of carbonyl (C=O) groups is 2. The number of piperazine rings is 1. The normalized spacial score (nSPS) is 15.4. The summed E-state index contributed by atoms with van der Waals surface area (Å²) >= 11 is 0. The largest absolute Gasteiger partial charge is 0.496 e. The summed E-state index contributed by atoms with van der Waals surface area (Å²) in [6.07, 6.45) is 5.08. The maximum atomic E-state index is 16.3. The van der Waals surface area contributed by atoms with E-state index in [0.717, 1.165) is 12.2 Å². The molecule has 1 saturated heterocycles. The highest BCUT2D eigenvalue weighted by Crippen LogP contribution is 2.41. The van der Waals surface area contributed by atoms with Crippen molar-refractivity contribution in [3.05, 3.63) is 71.8 Å². The lowest BCUT2D eigenvalue weighted by Gasteiger charge is -2.35. The number of aromatic amines is 1. The second-order valence-electron chi connectivity index (χ2n) is 10.6. The second kappa shape index (κ2) is 11.7. The first-order valence-electron chi connectivity index (χ1n) is 14.1. The number of rotatable bonds is 7. The Morgan fingerprint density at radius 2 is 1.79 bits per heavy atom. The van der Waals surface area contributed by atoms with Gasteiger partial charge >= 0.3 is 0 Å². The molecule has 0 saturated carbocycles. The number of methoxy groups -OCH3 is 2. The molecule has 4 heterocycles. The van der Waals surface area contributed by atoms with Gasteiger partial charge in [0.15, 0.2) is 17.4 Å². The van der Waals surface area contributed by atoms with Crippen LogP contribution in [0.5, 0.6) is 11.5 Å². The van der Waals surface area contributed by atoms with Crippen molar-refractivity contribution < 1.29 is 23.5 Å². The number of halogens is 1. The molecule has 0 unspecified atom stereocenters. The van der Waals surface area contributed by atoms with Crippen LogP contribution in [0, 0.1) is 5.82 Å². The fourth-order valence-electron chi connectivity index (χ4n) is 5.89. The number of hydrogen-bond donors (Lipinski definition) is 2. The highest BCUT2D eigenvalue weighted by Gasteiger charge is 2.28. The molecule has 11 heteroatoms. The number of anilines is 2. The van der Waals surface area contributed by atoms with Crippen LogP contribution in [-0.4, -0.2) is 85.6 Å². The van der Waals surface area contributed by atoms with Gasteiger partial charge in [-0.15, -0.1) is 0 Å². The molecule has 0 atom stereocenters. The van der Waals surface area contributed by atoms with Crippen molar-refractivity contribution in [2.24, 2.45) is 0 Å². The van der Waals surface area contributed by atoms with Crippen molar-refractivity contribution in [1.82, 2.24) is 19.8 Å². The zero-order valence-electron chi connectivity index (χ0n) is 24.1. The first kappa shape index (κ1) is 28.1. The molecule has 2 aliphatic rings. The first-order chi connectivity index (χ1) is 20.9. The van der Waals surface area contributed by atoms with Crippen LogP contribution in [0.4, 0.5) is 15.9 Å². The zero-order chi connectivity index (χ0) is 30.1. The van der Waals surface area contributed by atoms with E-state index < -0.39 is 5.82 Å². The lowest BCUT2D eigenvalue weighted by molar-refractivity contribution is -0.117. The van der Waals surface area contributed by atoms with E-state index in [1.54, 1.807) is 54.5 Å². The number of hydrogen-bond acceptors (Lipinski definition) is 7. The van der Waals surface area contributed by atoms with Crippen LogP contribution < -0.4 is 20.1 Å². The van der Waals surface area contributed by atoms with Crippen molar-refractivity contribution in [3.63, 3.8) is 0 Å². The summed E-state index contributed by atoms with van der Waals surface area (Å²) in [5.74, 6) is 1.26. The Hall–Kier alpha value is -5.06. The summed E-state index contributed by atoms with van der Waals surface area (Å²) in [5, 5.41) is 0.549. The van der Waals surface area contributed by atoms with E-state index in [1.807, 2.05) is 24.3 Å². The van der Waals surface area contributed by atoms with Crippen molar-refractivity contribution in [3.8, 4) is 22.6 Å². The lowest BCUT2D eigenvalue weighted by atomic mass is 9.93. The number of nitrogen functional groups attached to an aromatic ring is 1. The van der Waals surface area contributed by atoms with Crippen LogP contribution in [0.15, 0.2) is 54.7 Å². The van der Waals surface area contributed by atoms with Crippen molar-refractivity contribution in [2.75, 3.05) is 64.1 Å². The number of carbonyl (C=O) groups excluding carboxylic acids is 2. The topological polar surface area (TPSA) is 117 Å². The smallest absolute Gasteiger partial charge is 0.270 e. The van der Waals surface area contributed by atoms with Crippen LogP contribution in [-0.2, 0) is 4.79 Å². The predicted molar refractivity (Wildman–Crippen MR) is 164 cm³/mol. The molecule has 6 rings (SSSR count). The molecule has 1 fully saturated rings. The highest BCUT2D eigenvalue weighted by molar-refractivity contribution is 6.05. The number of amides is 2. The first-order valence-corrected chi connectivity index (χ1v) is 14.1. The van der Waals surface area contributed by atoms with Gasteiger partial charge in [-0.1, -0.05) is 6.08 Å². The van der Waals surface area contributed by atoms with E-state index in [0.29, 0.717) is 90.5 Å². The quantitative estimate of drug-likeness (QED) is 0.247. The van der Waals surface area contributed by atoms with Crippen LogP contribution in [0.1, 0.15) is 22.5 Å². The second-order valence-corrected chi connectivity index (χ2v) is 10.6. The fourth-order valence-corrected chi connectivity index (χ4v) is 5.89. The molecule has 3 N–H and O–H groups in total. The molecule has 0 aliphatic carbocycles. The van der Waals surface area contributed by atoms with E-state index in [1.165, 1.54) is 0 Å². The molecular formula is C32H33FN6O4. The Labute approximate surface area is 248 Å². The summed E-state index contributed by atoms with van der Waals surface area (Å²) in [5.41, 5.74) is 9.54. The Balaban J connectivity index is 1.38. The minimum atomic E-state index is -0.474. The van der Waals surface area contributed by atoms with E-state index in [9.17, 15) is 9.59 Å². The van der Waals surface area contributed by atoms with Gasteiger partial charge in [-0.3, -0.25) is 9.59 Å². The number of nitrogens with zero attached hydrogens (tertiary/aromatic N) is 4. The minimum absolute atomic E-state index is 0.218. The standard InChI is InChI=1S/C32H33FN6O4/c1-42-27-6-3-9-35-31(27)38-11-13-39(14-12-38)32(41)26-17-25-24(22-8-7-21(34)15-28(22)43-2)16-23(29(33)30(25)36-26)20-5-4-10-37(18-20)19-40/h3,5-9,15-17,19,36H,4,10-14,18,34H2,1-2H3. The van der Waals surface area contributed by atoms with Gasteiger partial charge in [-0.2, -0.15) is 0 Å². The number of nitrogens with one attached hydrogen (secondary N) is 1. The molecule has 2 amide bonds. The minimum Gasteiger partial charge on any atom is -0.496 e. The maximum Gasteiger partial charge on any atom is 0.270 e. The molecule has 0 spiro atoms. The van der Waals surface area contributed by atoms with Crippen molar-refractivity contribution in [2.45, 2.75) is 6.42 Å². The van der Waals surface area contributed by atoms with Crippen LogP contribution in [0.2, 0.25) is 0 Å². The Kier molecular flexibility index (Phi) is 7.62. The molecule has 2 aromatic heterocycles. The van der Waals surface area contributed by atoms with Crippen molar-refractivity contribution in [1.29, 1.82) is 0 Å². The van der Waals surface area contributed by atoms with E-state index in [4.69, 9.17) is 15.2 Å². The van der Waals surface area contributed by atoms with Gasteiger partial charge in [-0.25, -0.2) is 9.37 Å². The van der Waals surface area contributed by atoms with Crippen LogP contribution >= 0.6 is 0 Å². The van der Waals surface area contributed by atoms with Gasteiger partial charge in [0.25, 0.3) is 5.91 Å². The molecule has 10 nitrogen and oxygen atoms in total. The van der Waals surface area contributed by atoms with Gasteiger partial charge < -0.3 is 34.9 Å². The third-order valence-corrected chi connectivity index (χ3v) is 8.11. The van der Waals surface area contributed by atoms with Gasteiger partial charge in [0, 0.05) is 73.7 Å². The number of ether oxygens (including phenoxy) is 2. The van der Waals surface area contributed by atoms with E-state index >= 15 is 4.39 Å². The fraction of sp³-hybridized carbons (Fsp3) is 0.281. The number of aromatic nitrogens is 2. The Bertz CT molecular complexity index is 1730. The molecule has 2 aliphatic heterocycles. The summed E-state index contributed by atoms with van der Waals surface area (Å²) in [6, 6.07) is 12.5. The third kappa shape index (κ3) is 5.22. The van der Waals surface area contributed by atoms with E-state index in [-0.39, 0.29) is 17.1 Å². The van der Waals surface area contributed by atoms with Crippen molar-refractivity contribution >= 4 is 40.3 Å². The lowest BCUT2D eigenvalue weighted by Crippen LogP contribution is -2.49. The summed E-state index contributed by atoms with van der Waals surface area (Å²) in [7, 11) is 3.16. The Morgan fingerprint density at radius 3 is 2.53 bits per heavy atom. The van der Waals surface area contributed by atoms with Gasteiger partial charge in [-0.05, 0) is 54.0 Å². The molecular weight excluding hydrogens is 551 g/mol. The van der Waals surface area contributed by atoms with E-state index in [2.05, 4.69) is 14.9 Å². The molecule has 0 bridgehead atoms.